The van der Waals surface area contributed by atoms with Gasteiger partial charge in [-0.2, -0.15) is 0 Å². The molecule has 1 fully saturated rings. The highest BCUT2D eigenvalue weighted by atomic mass is 32.1. The average molecular weight is 248 g/mol. The minimum Gasteiger partial charge on any atom is -0.393 e. The number of nitrogens with two attached hydrogens (primary N) is 1. The minimum absolute atomic E-state index is 0.106. The summed E-state index contributed by atoms with van der Waals surface area (Å²) >= 11 is 4.84. The van der Waals surface area contributed by atoms with Gasteiger partial charge in [0, 0.05) is 18.5 Å². The van der Waals surface area contributed by atoms with Crippen LogP contribution in [-0.2, 0) is 11.2 Å². The second-order valence-corrected chi connectivity index (χ2v) is 5.06. The van der Waals surface area contributed by atoms with Gasteiger partial charge in [0.2, 0.25) is 5.91 Å². The minimum atomic E-state index is 0.106. The van der Waals surface area contributed by atoms with Crippen molar-refractivity contribution in [2.24, 2.45) is 11.7 Å². The highest BCUT2D eigenvalue weighted by Crippen LogP contribution is 2.32. The van der Waals surface area contributed by atoms with Gasteiger partial charge in [0.15, 0.2) is 0 Å². The van der Waals surface area contributed by atoms with Crippen molar-refractivity contribution >= 4 is 28.8 Å². The molecule has 1 aromatic carbocycles. The summed E-state index contributed by atoms with van der Waals surface area (Å²) in [6.45, 7) is 0. The van der Waals surface area contributed by atoms with Crippen LogP contribution in [-0.4, -0.2) is 10.9 Å². The Balaban J connectivity index is 1.88. The molecule has 0 radical (unpaired) electrons. The SMILES string of the molecule is NC(=S)Cc1ccc(NC(=O)CC2CC2)cc1. The first kappa shape index (κ1) is 12.0. The molecule has 0 heterocycles. The lowest BCUT2D eigenvalue weighted by Crippen LogP contribution is -2.13. The number of rotatable bonds is 5. The highest BCUT2D eigenvalue weighted by Gasteiger charge is 2.24. The number of carbonyl (C=O) groups is 1. The van der Waals surface area contributed by atoms with Crippen LogP contribution in [0.2, 0.25) is 0 Å². The van der Waals surface area contributed by atoms with Crippen LogP contribution in [0.15, 0.2) is 24.3 Å². The molecule has 0 spiro atoms. The molecule has 0 aliphatic heterocycles. The number of amides is 1. The quantitative estimate of drug-likeness (QED) is 0.786. The molecule has 4 heteroatoms. The van der Waals surface area contributed by atoms with E-state index in [1.165, 1.54) is 12.8 Å². The fraction of sp³-hybridized carbons (Fsp3) is 0.385. The fourth-order valence-corrected chi connectivity index (χ4v) is 1.87. The summed E-state index contributed by atoms with van der Waals surface area (Å²) in [7, 11) is 0. The van der Waals surface area contributed by atoms with Gasteiger partial charge in [-0.15, -0.1) is 0 Å². The smallest absolute Gasteiger partial charge is 0.224 e. The van der Waals surface area contributed by atoms with Crippen LogP contribution < -0.4 is 11.1 Å². The van der Waals surface area contributed by atoms with Gasteiger partial charge in [-0.05, 0) is 36.5 Å². The van der Waals surface area contributed by atoms with Gasteiger partial charge < -0.3 is 11.1 Å². The first-order valence-electron chi connectivity index (χ1n) is 5.80. The first-order valence-corrected chi connectivity index (χ1v) is 6.21. The summed E-state index contributed by atoms with van der Waals surface area (Å²) in [6, 6.07) is 7.65. The Hall–Kier alpha value is -1.42. The number of hydrogen-bond donors (Lipinski definition) is 2. The zero-order chi connectivity index (χ0) is 12.3. The van der Waals surface area contributed by atoms with Gasteiger partial charge in [-0.25, -0.2) is 0 Å². The molecule has 0 atom stereocenters. The number of hydrogen-bond acceptors (Lipinski definition) is 2. The lowest BCUT2D eigenvalue weighted by Gasteiger charge is -2.05. The van der Waals surface area contributed by atoms with E-state index in [1.54, 1.807) is 0 Å². The van der Waals surface area contributed by atoms with Crippen molar-refractivity contribution in [3.63, 3.8) is 0 Å². The molecule has 0 aromatic heterocycles. The van der Waals surface area contributed by atoms with Crippen LogP contribution in [0.3, 0.4) is 0 Å². The zero-order valence-electron chi connectivity index (χ0n) is 9.61. The van der Waals surface area contributed by atoms with E-state index in [9.17, 15) is 4.79 Å². The Morgan fingerprint density at radius 2 is 2.00 bits per heavy atom. The largest absolute Gasteiger partial charge is 0.393 e. The number of benzene rings is 1. The first-order chi connectivity index (χ1) is 8.13. The molecule has 3 nitrogen and oxygen atoms in total. The molecule has 90 valence electrons. The Labute approximate surface area is 106 Å². The standard InChI is InChI=1S/C13H16N2OS/c14-12(17)7-9-3-5-11(6-4-9)15-13(16)8-10-1-2-10/h3-6,10H,1-2,7-8H2,(H2,14,17)(H,15,16). The second-order valence-electron chi connectivity index (χ2n) is 4.54. The molecule has 0 saturated heterocycles. The maximum atomic E-state index is 11.6. The molecule has 17 heavy (non-hydrogen) atoms. The molecule has 1 aliphatic rings. The van der Waals surface area contributed by atoms with E-state index in [-0.39, 0.29) is 5.91 Å². The van der Waals surface area contributed by atoms with Gasteiger partial charge >= 0.3 is 0 Å². The molecule has 1 aliphatic carbocycles. The Morgan fingerprint density at radius 1 is 1.35 bits per heavy atom. The van der Waals surface area contributed by atoms with E-state index in [0.29, 0.717) is 23.7 Å². The lowest BCUT2D eigenvalue weighted by molar-refractivity contribution is -0.116. The van der Waals surface area contributed by atoms with Crippen molar-refractivity contribution in [2.45, 2.75) is 25.7 Å². The number of carbonyl (C=O) groups excluding carboxylic acids is 1. The Morgan fingerprint density at radius 3 is 2.53 bits per heavy atom. The van der Waals surface area contributed by atoms with Crippen LogP contribution in [0.25, 0.3) is 0 Å². The number of thiocarbonyl (C=S) groups is 1. The van der Waals surface area contributed by atoms with Crippen molar-refractivity contribution in [1.82, 2.24) is 0 Å². The van der Waals surface area contributed by atoms with Crippen molar-refractivity contribution in [3.05, 3.63) is 29.8 Å². The van der Waals surface area contributed by atoms with E-state index in [1.807, 2.05) is 24.3 Å². The van der Waals surface area contributed by atoms with Crippen molar-refractivity contribution < 1.29 is 4.79 Å². The number of nitrogens with one attached hydrogen (secondary N) is 1. The van der Waals surface area contributed by atoms with Crippen molar-refractivity contribution in [1.29, 1.82) is 0 Å². The van der Waals surface area contributed by atoms with Crippen LogP contribution in [0, 0.1) is 5.92 Å². The van der Waals surface area contributed by atoms with E-state index in [0.717, 1.165) is 11.3 Å². The third-order valence-electron chi connectivity index (χ3n) is 2.79. The molecule has 3 N–H and O–H groups in total. The fourth-order valence-electron chi connectivity index (χ4n) is 1.70. The van der Waals surface area contributed by atoms with Crippen LogP contribution in [0.1, 0.15) is 24.8 Å². The molecule has 0 bridgehead atoms. The van der Waals surface area contributed by atoms with Gasteiger partial charge in [0.1, 0.15) is 0 Å². The lowest BCUT2D eigenvalue weighted by atomic mass is 10.1. The second kappa shape index (κ2) is 5.27. The third kappa shape index (κ3) is 4.15. The zero-order valence-corrected chi connectivity index (χ0v) is 10.4. The average Bonchev–Trinajstić information content (AvgIpc) is 3.04. The molecule has 1 amide bonds. The predicted molar refractivity (Wildman–Crippen MR) is 72.9 cm³/mol. The molecule has 1 saturated carbocycles. The van der Waals surface area contributed by atoms with E-state index < -0.39 is 0 Å². The highest BCUT2D eigenvalue weighted by molar-refractivity contribution is 7.80. The maximum absolute atomic E-state index is 11.6. The molecular formula is C13H16N2OS. The van der Waals surface area contributed by atoms with E-state index in [2.05, 4.69) is 5.32 Å². The van der Waals surface area contributed by atoms with Crippen molar-refractivity contribution in [2.75, 3.05) is 5.32 Å². The third-order valence-corrected chi connectivity index (χ3v) is 2.93. The normalized spacial score (nSPS) is 14.4. The molecular weight excluding hydrogens is 232 g/mol. The predicted octanol–water partition coefficient (Wildman–Crippen LogP) is 2.25. The van der Waals surface area contributed by atoms with E-state index >= 15 is 0 Å². The van der Waals surface area contributed by atoms with Gasteiger partial charge in [-0.1, -0.05) is 24.4 Å². The summed E-state index contributed by atoms with van der Waals surface area (Å²) in [5.41, 5.74) is 7.37. The van der Waals surface area contributed by atoms with Gasteiger partial charge in [-0.3, -0.25) is 4.79 Å². The summed E-state index contributed by atoms with van der Waals surface area (Å²) in [6.07, 6.45) is 3.64. The molecule has 2 rings (SSSR count). The monoisotopic (exact) mass is 248 g/mol. The van der Waals surface area contributed by atoms with Crippen LogP contribution in [0.4, 0.5) is 5.69 Å². The maximum Gasteiger partial charge on any atom is 0.224 e. The summed E-state index contributed by atoms with van der Waals surface area (Å²) < 4.78 is 0. The Kier molecular flexibility index (Phi) is 3.74. The molecule has 1 aromatic rings. The van der Waals surface area contributed by atoms with Gasteiger partial charge in [0.25, 0.3) is 0 Å². The van der Waals surface area contributed by atoms with Gasteiger partial charge in [0.05, 0.1) is 4.99 Å². The summed E-state index contributed by atoms with van der Waals surface area (Å²) in [5, 5.41) is 2.89. The summed E-state index contributed by atoms with van der Waals surface area (Å²) in [5.74, 6) is 0.721. The molecule has 0 unspecified atom stereocenters. The van der Waals surface area contributed by atoms with Crippen LogP contribution >= 0.6 is 12.2 Å². The van der Waals surface area contributed by atoms with E-state index in [4.69, 9.17) is 18.0 Å². The Bertz CT molecular complexity index is 424. The van der Waals surface area contributed by atoms with Crippen LogP contribution in [0.5, 0.6) is 0 Å². The van der Waals surface area contributed by atoms with Crippen molar-refractivity contribution in [3.8, 4) is 0 Å². The topological polar surface area (TPSA) is 55.1 Å². The number of anilines is 1. The summed E-state index contributed by atoms with van der Waals surface area (Å²) in [4.78, 5) is 12.1.